The maximum Gasteiger partial charge on any atom is 0.339 e. The highest BCUT2D eigenvalue weighted by Gasteiger charge is 2.23. The molecule has 6 nitrogen and oxygen atoms in total. The molecular formula is C14H18N2O4S. The Labute approximate surface area is 126 Å². The molecule has 1 aromatic heterocycles. The van der Waals surface area contributed by atoms with E-state index >= 15 is 0 Å². The topological polar surface area (TPSA) is 84.5 Å². The molecule has 0 bridgehead atoms. The van der Waals surface area contributed by atoms with E-state index in [9.17, 15) is 14.4 Å². The van der Waals surface area contributed by atoms with Gasteiger partial charge in [0.2, 0.25) is 0 Å². The van der Waals surface area contributed by atoms with Crippen LogP contribution >= 0.6 is 11.3 Å². The van der Waals surface area contributed by atoms with Crippen LogP contribution in [0.2, 0.25) is 0 Å². The lowest BCUT2D eigenvalue weighted by molar-refractivity contribution is -0.127. The first-order valence-corrected chi connectivity index (χ1v) is 7.85. The van der Waals surface area contributed by atoms with Gasteiger partial charge < -0.3 is 10.1 Å². The van der Waals surface area contributed by atoms with Crippen molar-refractivity contribution in [1.82, 2.24) is 10.6 Å². The number of carbonyl (C=O) groups is 3. The summed E-state index contributed by atoms with van der Waals surface area (Å²) < 4.78 is 5.00. The Balaban J connectivity index is 1.76. The van der Waals surface area contributed by atoms with Crippen LogP contribution in [0.3, 0.4) is 0 Å². The molecule has 0 saturated heterocycles. The third-order valence-electron chi connectivity index (χ3n) is 3.34. The standard InChI is InChI=1S/C14H18N2O4S/c1-9(20-13(18)10-6-7-21-8-10)12(17)16-14(19)15-11-4-2-3-5-11/h6-9,11H,2-5H2,1H3,(H2,15,16,17,19)/t9-/m1/s1. The fourth-order valence-electron chi connectivity index (χ4n) is 2.17. The summed E-state index contributed by atoms with van der Waals surface area (Å²) in [6, 6.07) is 1.21. The highest BCUT2D eigenvalue weighted by molar-refractivity contribution is 7.08. The third kappa shape index (κ3) is 4.56. The number of imide groups is 1. The maximum absolute atomic E-state index is 11.8. The Bertz CT molecular complexity index is 509. The minimum absolute atomic E-state index is 0.126. The monoisotopic (exact) mass is 310 g/mol. The van der Waals surface area contributed by atoms with Gasteiger partial charge in [-0.3, -0.25) is 10.1 Å². The molecule has 114 valence electrons. The fraction of sp³-hybridized carbons (Fsp3) is 0.500. The fourth-order valence-corrected chi connectivity index (χ4v) is 2.79. The van der Waals surface area contributed by atoms with Gasteiger partial charge in [-0.1, -0.05) is 12.8 Å². The quantitative estimate of drug-likeness (QED) is 0.834. The molecule has 2 rings (SSSR count). The van der Waals surface area contributed by atoms with E-state index in [1.165, 1.54) is 18.3 Å². The molecule has 1 heterocycles. The molecular weight excluding hydrogens is 292 g/mol. The molecule has 0 aliphatic heterocycles. The summed E-state index contributed by atoms with van der Waals surface area (Å²) in [5.41, 5.74) is 0.398. The summed E-state index contributed by atoms with van der Waals surface area (Å²) in [5.74, 6) is -1.20. The van der Waals surface area contributed by atoms with E-state index in [4.69, 9.17) is 4.74 Å². The Morgan fingerprint density at radius 2 is 2.05 bits per heavy atom. The van der Waals surface area contributed by atoms with Crippen molar-refractivity contribution in [2.24, 2.45) is 0 Å². The Morgan fingerprint density at radius 1 is 1.33 bits per heavy atom. The highest BCUT2D eigenvalue weighted by Crippen LogP contribution is 2.17. The van der Waals surface area contributed by atoms with E-state index in [1.807, 2.05) is 0 Å². The lowest BCUT2D eigenvalue weighted by Crippen LogP contribution is -2.47. The molecule has 1 aliphatic rings. The Kier molecular flexibility index (Phi) is 5.32. The van der Waals surface area contributed by atoms with Crippen molar-refractivity contribution in [2.45, 2.75) is 44.8 Å². The van der Waals surface area contributed by atoms with Gasteiger partial charge in [0.25, 0.3) is 5.91 Å². The van der Waals surface area contributed by atoms with Crippen molar-refractivity contribution in [1.29, 1.82) is 0 Å². The van der Waals surface area contributed by atoms with Crippen LogP contribution in [0, 0.1) is 0 Å². The zero-order chi connectivity index (χ0) is 15.2. The van der Waals surface area contributed by atoms with Gasteiger partial charge in [0.1, 0.15) is 0 Å². The van der Waals surface area contributed by atoms with Crippen LogP contribution in [0.4, 0.5) is 4.79 Å². The van der Waals surface area contributed by atoms with Gasteiger partial charge in [-0.15, -0.1) is 0 Å². The molecule has 0 spiro atoms. The first-order valence-electron chi connectivity index (χ1n) is 6.91. The normalized spacial score (nSPS) is 16.2. The van der Waals surface area contributed by atoms with Gasteiger partial charge in [-0.05, 0) is 31.2 Å². The first kappa shape index (κ1) is 15.5. The molecule has 21 heavy (non-hydrogen) atoms. The highest BCUT2D eigenvalue weighted by atomic mass is 32.1. The van der Waals surface area contributed by atoms with Crippen molar-refractivity contribution in [3.8, 4) is 0 Å². The van der Waals surface area contributed by atoms with Crippen LogP contribution in [0.1, 0.15) is 43.0 Å². The molecule has 1 atom stereocenters. The number of hydrogen-bond acceptors (Lipinski definition) is 5. The molecule has 2 N–H and O–H groups in total. The largest absolute Gasteiger partial charge is 0.449 e. The lowest BCUT2D eigenvalue weighted by atomic mass is 10.2. The van der Waals surface area contributed by atoms with Crippen molar-refractivity contribution < 1.29 is 19.1 Å². The summed E-state index contributed by atoms with van der Waals surface area (Å²) in [5, 5.41) is 8.31. The summed E-state index contributed by atoms with van der Waals surface area (Å²) in [6.07, 6.45) is 3.03. The van der Waals surface area contributed by atoms with E-state index in [0.29, 0.717) is 5.56 Å². The molecule has 1 aromatic rings. The molecule has 7 heteroatoms. The minimum atomic E-state index is -1.02. The van der Waals surface area contributed by atoms with Crippen LogP contribution in [0.25, 0.3) is 0 Å². The van der Waals surface area contributed by atoms with Gasteiger partial charge in [0.05, 0.1) is 5.56 Å². The van der Waals surface area contributed by atoms with Crippen LogP contribution < -0.4 is 10.6 Å². The number of esters is 1. The smallest absolute Gasteiger partial charge is 0.339 e. The van der Waals surface area contributed by atoms with E-state index < -0.39 is 24.0 Å². The molecule has 0 aromatic carbocycles. The number of thiophene rings is 1. The Hall–Kier alpha value is -1.89. The third-order valence-corrected chi connectivity index (χ3v) is 4.02. The second-order valence-electron chi connectivity index (χ2n) is 5.00. The van der Waals surface area contributed by atoms with Gasteiger partial charge in [-0.25, -0.2) is 9.59 Å². The van der Waals surface area contributed by atoms with Gasteiger partial charge in [-0.2, -0.15) is 11.3 Å². The summed E-state index contributed by atoms with van der Waals surface area (Å²) in [7, 11) is 0. The number of carbonyl (C=O) groups excluding carboxylic acids is 3. The van der Waals surface area contributed by atoms with Crippen LogP contribution in [0.15, 0.2) is 16.8 Å². The molecule has 1 saturated carbocycles. The minimum Gasteiger partial charge on any atom is -0.449 e. The summed E-state index contributed by atoms with van der Waals surface area (Å²) >= 11 is 1.37. The summed E-state index contributed by atoms with van der Waals surface area (Å²) in [4.78, 5) is 35.1. The average molecular weight is 310 g/mol. The van der Waals surface area contributed by atoms with E-state index in [2.05, 4.69) is 10.6 Å². The number of ether oxygens (including phenoxy) is 1. The number of urea groups is 1. The van der Waals surface area contributed by atoms with E-state index in [1.54, 1.807) is 16.8 Å². The zero-order valence-corrected chi connectivity index (χ0v) is 12.6. The zero-order valence-electron chi connectivity index (χ0n) is 11.8. The van der Waals surface area contributed by atoms with E-state index in [0.717, 1.165) is 25.7 Å². The SMILES string of the molecule is C[C@@H](OC(=O)c1ccsc1)C(=O)NC(=O)NC1CCCC1. The van der Waals surface area contributed by atoms with Crippen molar-refractivity contribution in [3.05, 3.63) is 22.4 Å². The van der Waals surface area contributed by atoms with Crippen molar-refractivity contribution >= 4 is 29.2 Å². The van der Waals surface area contributed by atoms with Crippen LogP contribution in [-0.2, 0) is 9.53 Å². The average Bonchev–Trinajstić information content (AvgIpc) is 3.10. The second kappa shape index (κ2) is 7.21. The van der Waals surface area contributed by atoms with Gasteiger partial charge in [0, 0.05) is 11.4 Å². The number of rotatable bonds is 4. The molecule has 1 aliphatic carbocycles. The van der Waals surface area contributed by atoms with Gasteiger partial charge in [0.15, 0.2) is 6.10 Å². The molecule has 3 amide bonds. The summed E-state index contributed by atoms with van der Waals surface area (Å²) in [6.45, 7) is 1.43. The predicted octanol–water partition coefficient (Wildman–Crippen LogP) is 2.06. The van der Waals surface area contributed by atoms with Crippen molar-refractivity contribution in [2.75, 3.05) is 0 Å². The molecule has 0 radical (unpaired) electrons. The van der Waals surface area contributed by atoms with Crippen LogP contribution in [0.5, 0.6) is 0 Å². The maximum atomic E-state index is 11.8. The van der Waals surface area contributed by atoms with E-state index in [-0.39, 0.29) is 6.04 Å². The number of nitrogens with one attached hydrogen (secondary N) is 2. The lowest BCUT2D eigenvalue weighted by Gasteiger charge is -2.15. The predicted molar refractivity (Wildman–Crippen MR) is 78.1 cm³/mol. The Morgan fingerprint density at radius 3 is 2.67 bits per heavy atom. The van der Waals surface area contributed by atoms with Crippen LogP contribution in [-0.4, -0.2) is 30.1 Å². The second-order valence-corrected chi connectivity index (χ2v) is 5.78. The first-order chi connectivity index (χ1) is 10.1. The molecule has 1 fully saturated rings. The van der Waals surface area contributed by atoms with Crippen molar-refractivity contribution in [3.63, 3.8) is 0 Å². The molecule has 0 unspecified atom stereocenters. The van der Waals surface area contributed by atoms with Gasteiger partial charge >= 0.3 is 12.0 Å². The number of amides is 3. The number of hydrogen-bond donors (Lipinski definition) is 2.